The summed E-state index contributed by atoms with van der Waals surface area (Å²) < 4.78 is 16.2. The van der Waals surface area contributed by atoms with Crippen molar-refractivity contribution in [1.29, 1.82) is 0 Å². The summed E-state index contributed by atoms with van der Waals surface area (Å²) in [4.78, 5) is 0. The molecule has 0 aliphatic carbocycles. The van der Waals surface area contributed by atoms with Crippen molar-refractivity contribution in [2.75, 3.05) is 13.4 Å². The second-order valence-corrected chi connectivity index (χ2v) is 4.43. The summed E-state index contributed by atoms with van der Waals surface area (Å²) in [5.41, 5.74) is 0. The molecule has 4 atom stereocenters. The van der Waals surface area contributed by atoms with Gasteiger partial charge in [-0.15, -0.1) is 0 Å². The molecule has 0 spiro atoms. The molecule has 5 heteroatoms. The van der Waals surface area contributed by atoms with Crippen LogP contribution in [0.5, 0.6) is 0 Å². The average Bonchev–Trinajstić information content (AvgIpc) is 2.74. The van der Waals surface area contributed by atoms with E-state index >= 15 is 0 Å². The minimum absolute atomic E-state index is 0.199. The molecule has 1 saturated heterocycles. The van der Waals surface area contributed by atoms with Gasteiger partial charge in [0.15, 0.2) is 6.29 Å². The first-order valence-electron chi connectivity index (χ1n) is 6.36. The van der Waals surface area contributed by atoms with Crippen LogP contribution in [0.25, 0.3) is 0 Å². The largest absolute Gasteiger partial charge is 0.391 e. The van der Waals surface area contributed by atoms with Crippen molar-refractivity contribution >= 4 is 0 Å². The number of ether oxygens (including phenoxy) is 3. The van der Waals surface area contributed by atoms with Crippen LogP contribution in [-0.2, 0) is 14.2 Å². The molecule has 2 N–H and O–H groups in total. The van der Waals surface area contributed by atoms with Crippen LogP contribution in [0.1, 0.15) is 39.5 Å². The summed E-state index contributed by atoms with van der Waals surface area (Å²) in [5.74, 6) is 0. The summed E-state index contributed by atoms with van der Waals surface area (Å²) in [6.45, 7) is 3.76. The van der Waals surface area contributed by atoms with E-state index in [1.54, 1.807) is 6.92 Å². The molecular weight excluding hydrogens is 224 g/mol. The predicted octanol–water partition coefficient (Wildman–Crippen LogP) is 1.02. The lowest BCUT2D eigenvalue weighted by molar-refractivity contribution is -0.153. The number of aliphatic hydroxyl groups is 2. The molecule has 0 aromatic rings. The summed E-state index contributed by atoms with van der Waals surface area (Å²) in [5, 5.41) is 18.3. The molecule has 0 radical (unpaired) electrons. The van der Waals surface area contributed by atoms with E-state index in [2.05, 4.69) is 6.92 Å². The van der Waals surface area contributed by atoms with Gasteiger partial charge in [0.25, 0.3) is 0 Å². The molecule has 102 valence electrons. The highest BCUT2D eigenvalue weighted by Crippen LogP contribution is 2.22. The first-order valence-corrected chi connectivity index (χ1v) is 6.36. The van der Waals surface area contributed by atoms with Gasteiger partial charge in [0.2, 0.25) is 0 Å². The van der Waals surface area contributed by atoms with Crippen molar-refractivity contribution in [3.8, 4) is 0 Å². The maximum absolute atomic E-state index is 9.53. The highest BCUT2D eigenvalue weighted by molar-refractivity contribution is 4.79. The Bertz CT molecular complexity index is 197. The summed E-state index contributed by atoms with van der Waals surface area (Å²) >= 11 is 0. The van der Waals surface area contributed by atoms with E-state index in [1.807, 2.05) is 0 Å². The molecule has 1 heterocycles. The van der Waals surface area contributed by atoms with Crippen molar-refractivity contribution < 1.29 is 24.4 Å². The van der Waals surface area contributed by atoms with Crippen LogP contribution in [0.2, 0.25) is 0 Å². The Morgan fingerprint density at radius 1 is 1.41 bits per heavy atom. The Kier molecular flexibility index (Phi) is 6.99. The van der Waals surface area contributed by atoms with Crippen LogP contribution in [0, 0.1) is 0 Å². The zero-order chi connectivity index (χ0) is 12.7. The Balaban J connectivity index is 2.31. The Morgan fingerprint density at radius 3 is 2.76 bits per heavy atom. The van der Waals surface area contributed by atoms with E-state index in [1.165, 1.54) is 12.8 Å². The fraction of sp³-hybridized carbons (Fsp3) is 1.00. The number of hydrogen-bond donors (Lipinski definition) is 2. The first kappa shape index (κ1) is 14.9. The van der Waals surface area contributed by atoms with Crippen molar-refractivity contribution in [1.82, 2.24) is 0 Å². The lowest BCUT2D eigenvalue weighted by Crippen LogP contribution is -2.40. The van der Waals surface area contributed by atoms with E-state index < -0.39 is 19.0 Å². The molecule has 0 amide bonds. The fourth-order valence-electron chi connectivity index (χ4n) is 2.00. The molecule has 1 aliphatic rings. The maximum Gasteiger partial charge on any atom is 0.158 e. The average molecular weight is 248 g/mol. The number of aliphatic hydroxyl groups excluding tert-OH is 2. The highest BCUT2D eigenvalue weighted by Gasteiger charge is 2.35. The van der Waals surface area contributed by atoms with Gasteiger partial charge in [0.1, 0.15) is 19.0 Å². The van der Waals surface area contributed by atoms with Gasteiger partial charge in [-0.1, -0.05) is 19.8 Å². The third-order valence-electron chi connectivity index (χ3n) is 2.93. The van der Waals surface area contributed by atoms with Gasteiger partial charge < -0.3 is 24.4 Å². The van der Waals surface area contributed by atoms with E-state index in [-0.39, 0.29) is 12.4 Å². The second-order valence-electron chi connectivity index (χ2n) is 4.43. The lowest BCUT2D eigenvalue weighted by atomic mass is 10.1. The SMILES string of the molecule is CCCCCC1OCC(C(OCO)C(C)O)O1. The molecular formula is C12H24O5. The Morgan fingerprint density at radius 2 is 2.18 bits per heavy atom. The second kappa shape index (κ2) is 8.00. The molecule has 5 nitrogen and oxygen atoms in total. The zero-order valence-corrected chi connectivity index (χ0v) is 10.7. The van der Waals surface area contributed by atoms with E-state index in [0.29, 0.717) is 6.61 Å². The molecule has 0 bridgehead atoms. The van der Waals surface area contributed by atoms with Crippen LogP contribution < -0.4 is 0 Å². The van der Waals surface area contributed by atoms with Gasteiger partial charge in [-0.05, 0) is 19.8 Å². The molecule has 0 saturated carbocycles. The normalized spacial score (nSPS) is 28.2. The molecule has 0 aromatic carbocycles. The molecule has 1 rings (SSSR count). The number of hydrogen-bond acceptors (Lipinski definition) is 5. The Labute approximate surface area is 103 Å². The molecule has 0 aromatic heterocycles. The monoisotopic (exact) mass is 248 g/mol. The molecule has 17 heavy (non-hydrogen) atoms. The minimum atomic E-state index is -0.690. The highest BCUT2D eigenvalue weighted by atomic mass is 16.7. The van der Waals surface area contributed by atoms with Gasteiger partial charge in [-0.25, -0.2) is 0 Å². The van der Waals surface area contributed by atoms with Gasteiger partial charge in [-0.2, -0.15) is 0 Å². The third kappa shape index (κ3) is 4.89. The van der Waals surface area contributed by atoms with Gasteiger partial charge in [0.05, 0.1) is 12.7 Å². The van der Waals surface area contributed by atoms with Crippen molar-refractivity contribution in [2.45, 2.75) is 64.1 Å². The van der Waals surface area contributed by atoms with Gasteiger partial charge in [-0.3, -0.25) is 0 Å². The summed E-state index contributed by atoms with van der Waals surface area (Å²) in [6, 6.07) is 0. The third-order valence-corrected chi connectivity index (χ3v) is 2.93. The predicted molar refractivity (Wildman–Crippen MR) is 62.4 cm³/mol. The topological polar surface area (TPSA) is 68.2 Å². The number of unbranched alkanes of at least 4 members (excludes halogenated alkanes) is 2. The van der Waals surface area contributed by atoms with Crippen LogP contribution in [0.4, 0.5) is 0 Å². The number of rotatable bonds is 8. The van der Waals surface area contributed by atoms with Gasteiger partial charge >= 0.3 is 0 Å². The fourth-order valence-corrected chi connectivity index (χ4v) is 2.00. The zero-order valence-electron chi connectivity index (χ0n) is 10.7. The summed E-state index contributed by atoms with van der Waals surface area (Å²) in [6.07, 6.45) is 2.57. The van der Waals surface area contributed by atoms with Crippen molar-refractivity contribution in [3.63, 3.8) is 0 Å². The molecule has 4 unspecified atom stereocenters. The maximum atomic E-state index is 9.53. The van der Waals surface area contributed by atoms with Crippen molar-refractivity contribution in [3.05, 3.63) is 0 Å². The quantitative estimate of drug-likeness (QED) is 0.496. The standard InChI is InChI=1S/C12H24O5/c1-3-4-5-6-11-15-7-10(17-11)12(9(2)14)16-8-13/h9-14H,3-8H2,1-2H3. The molecule has 1 aliphatic heterocycles. The Hall–Kier alpha value is -0.200. The van der Waals surface area contributed by atoms with Crippen molar-refractivity contribution in [2.24, 2.45) is 0 Å². The van der Waals surface area contributed by atoms with E-state index in [9.17, 15) is 5.11 Å². The molecule has 1 fully saturated rings. The van der Waals surface area contributed by atoms with Gasteiger partial charge in [0, 0.05) is 0 Å². The first-order chi connectivity index (χ1) is 8.19. The summed E-state index contributed by atoms with van der Waals surface area (Å²) in [7, 11) is 0. The van der Waals surface area contributed by atoms with E-state index in [4.69, 9.17) is 19.3 Å². The van der Waals surface area contributed by atoms with Crippen LogP contribution in [0.15, 0.2) is 0 Å². The minimum Gasteiger partial charge on any atom is -0.391 e. The van der Waals surface area contributed by atoms with Crippen LogP contribution in [0.3, 0.4) is 0 Å². The lowest BCUT2D eigenvalue weighted by Gasteiger charge is -2.24. The van der Waals surface area contributed by atoms with Crippen LogP contribution in [-0.4, -0.2) is 48.2 Å². The van der Waals surface area contributed by atoms with E-state index in [0.717, 1.165) is 12.8 Å². The van der Waals surface area contributed by atoms with Crippen LogP contribution >= 0.6 is 0 Å². The smallest absolute Gasteiger partial charge is 0.158 e.